The summed E-state index contributed by atoms with van der Waals surface area (Å²) in [6.07, 6.45) is 11.6. The van der Waals surface area contributed by atoms with E-state index in [9.17, 15) is 5.26 Å². The molecule has 0 radical (unpaired) electrons. The number of rotatable bonds is 3. The fraction of sp³-hybridized carbons (Fsp3) is 0.217. The first-order chi connectivity index (χ1) is 15.2. The van der Waals surface area contributed by atoms with Gasteiger partial charge in [0.05, 0.1) is 24.4 Å². The molecule has 0 aromatic carbocycles. The number of nitrogens with two attached hydrogens (primary N) is 1. The van der Waals surface area contributed by atoms with Crippen LogP contribution in [0.1, 0.15) is 48.3 Å². The van der Waals surface area contributed by atoms with Gasteiger partial charge in [-0.2, -0.15) is 15.0 Å². The van der Waals surface area contributed by atoms with Gasteiger partial charge in [-0.15, -0.1) is 0 Å². The maximum absolute atomic E-state index is 9.27. The minimum absolute atomic E-state index is 0.204. The highest BCUT2D eigenvalue weighted by Gasteiger charge is 2.23. The minimum atomic E-state index is 0.204. The van der Waals surface area contributed by atoms with Crippen LogP contribution in [0.4, 0.5) is 5.82 Å². The third kappa shape index (κ3) is 3.51. The maximum atomic E-state index is 9.27. The monoisotopic (exact) mass is 412 g/mol. The van der Waals surface area contributed by atoms with Crippen molar-refractivity contribution < 1.29 is 8.83 Å². The fourth-order valence-electron chi connectivity index (χ4n) is 3.89. The molecule has 4 aromatic rings. The van der Waals surface area contributed by atoms with Crippen molar-refractivity contribution in [2.75, 3.05) is 5.73 Å². The SMILES string of the molecule is N#Cc1cnn(-c2nc3c(c(-c4ccco4)n2)CCCCC/C3=C\c2ccco2)c1N. The molecule has 0 bridgehead atoms. The lowest BCUT2D eigenvalue weighted by Crippen LogP contribution is -2.13. The van der Waals surface area contributed by atoms with Gasteiger partial charge < -0.3 is 14.6 Å². The zero-order chi connectivity index (χ0) is 21.2. The molecule has 0 spiro atoms. The Labute approximate surface area is 178 Å². The maximum Gasteiger partial charge on any atom is 0.253 e. The van der Waals surface area contributed by atoms with E-state index >= 15 is 0 Å². The lowest BCUT2D eigenvalue weighted by atomic mass is 9.91. The van der Waals surface area contributed by atoms with Gasteiger partial charge in [0.1, 0.15) is 28.9 Å². The Balaban J connectivity index is 1.77. The number of hydrogen-bond acceptors (Lipinski definition) is 7. The number of fused-ring (bicyclic) bond motifs is 1. The van der Waals surface area contributed by atoms with Gasteiger partial charge in [0, 0.05) is 5.56 Å². The molecule has 0 aliphatic heterocycles. The van der Waals surface area contributed by atoms with Crippen molar-refractivity contribution in [1.29, 1.82) is 5.26 Å². The van der Waals surface area contributed by atoms with E-state index in [4.69, 9.17) is 24.5 Å². The van der Waals surface area contributed by atoms with Crippen LogP contribution >= 0.6 is 0 Å². The van der Waals surface area contributed by atoms with Crippen molar-refractivity contribution >= 4 is 17.5 Å². The molecule has 0 unspecified atom stereocenters. The van der Waals surface area contributed by atoms with Gasteiger partial charge in [-0.05, 0) is 61.6 Å². The van der Waals surface area contributed by atoms with Crippen LogP contribution in [0.2, 0.25) is 0 Å². The second-order valence-electron chi connectivity index (χ2n) is 7.39. The van der Waals surface area contributed by atoms with E-state index in [1.807, 2.05) is 36.4 Å². The Morgan fingerprint density at radius 2 is 1.84 bits per heavy atom. The fourth-order valence-corrected chi connectivity index (χ4v) is 3.89. The van der Waals surface area contributed by atoms with Crippen molar-refractivity contribution in [3.05, 3.63) is 65.6 Å². The van der Waals surface area contributed by atoms with E-state index in [2.05, 4.69) is 5.10 Å². The van der Waals surface area contributed by atoms with Gasteiger partial charge >= 0.3 is 0 Å². The predicted octanol–water partition coefficient (Wildman–Crippen LogP) is 4.63. The number of furan rings is 2. The minimum Gasteiger partial charge on any atom is -0.465 e. The Hall–Kier alpha value is -4.12. The molecule has 0 atom stereocenters. The summed E-state index contributed by atoms with van der Waals surface area (Å²) < 4.78 is 12.7. The van der Waals surface area contributed by atoms with Crippen LogP contribution < -0.4 is 5.73 Å². The molecule has 8 nitrogen and oxygen atoms in total. The number of hydrogen-bond donors (Lipinski definition) is 1. The Bertz CT molecular complexity index is 1280. The van der Waals surface area contributed by atoms with E-state index in [1.165, 1.54) is 10.9 Å². The molecule has 2 N–H and O–H groups in total. The summed E-state index contributed by atoms with van der Waals surface area (Å²) in [5.41, 5.74) is 10.1. The van der Waals surface area contributed by atoms with Gasteiger partial charge in [-0.1, -0.05) is 6.42 Å². The van der Waals surface area contributed by atoms with Crippen LogP contribution in [0.3, 0.4) is 0 Å². The molecule has 0 fully saturated rings. The smallest absolute Gasteiger partial charge is 0.253 e. The molecule has 154 valence electrons. The zero-order valence-electron chi connectivity index (χ0n) is 16.8. The summed E-state index contributed by atoms with van der Waals surface area (Å²) in [4.78, 5) is 9.64. The van der Waals surface area contributed by atoms with Crippen molar-refractivity contribution in [2.45, 2.75) is 32.1 Å². The van der Waals surface area contributed by atoms with E-state index in [-0.39, 0.29) is 11.4 Å². The van der Waals surface area contributed by atoms with Gasteiger partial charge in [-0.3, -0.25) is 0 Å². The summed E-state index contributed by atoms with van der Waals surface area (Å²) in [6.45, 7) is 0. The second kappa shape index (κ2) is 7.95. The molecule has 31 heavy (non-hydrogen) atoms. The van der Waals surface area contributed by atoms with Crippen LogP contribution in [0.25, 0.3) is 29.1 Å². The quantitative estimate of drug-likeness (QED) is 0.521. The number of aromatic nitrogens is 4. The summed E-state index contributed by atoms with van der Waals surface area (Å²) in [5, 5.41) is 13.5. The van der Waals surface area contributed by atoms with Crippen molar-refractivity contribution in [1.82, 2.24) is 19.7 Å². The Morgan fingerprint density at radius 3 is 2.58 bits per heavy atom. The second-order valence-corrected chi connectivity index (χ2v) is 7.39. The predicted molar refractivity (Wildman–Crippen MR) is 115 cm³/mol. The van der Waals surface area contributed by atoms with E-state index < -0.39 is 0 Å². The van der Waals surface area contributed by atoms with Crippen LogP contribution in [0, 0.1) is 11.3 Å². The molecule has 0 amide bonds. The van der Waals surface area contributed by atoms with E-state index in [0.29, 0.717) is 17.4 Å². The summed E-state index contributed by atoms with van der Waals surface area (Å²) in [7, 11) is 0. The molecule has 0 saturated heterocycles. The molecular formula is C23H20N6O2. The first-order valence-corrected chi connectivity index (χ1v) is 10.2. The molecule has 0 saturated carbocycles. The van der Waals surface area contributed by atoms with Crippen LogP contribution in [0.5, 0.6) is 0 Å². The third-order valence-corrected chi connectivity index (χ3v) is 5.40. The summed E-state index contributed by atoms with van der Waals surface area (Å²) in [6, 6.07) is 9.55. The summed E-state index contributed by atoms with van der Waals surface area (Å²) >= 11 is 0. The molecule has 4 aromatic heterocycles. The molecule has 1 aliphatic carbocycles. The zero-order valence-corrected chi connectivity index (χ0v) is 16.8. The van der Waals surface area contributed by atoms with Gasteiger partial charge in [0.25, 0.3) is 5.95 Å². The van der Waals surface area contributed by atoms with Crippen LogP contribution in [-0.4, -0.2) is 19.7 Å². The topological polar surface area (TPSA) is 120 Å². The van der Waals surface area contributed by atoms with Crippen LogP contribution in [-0.2, 0) is 6.42 Å². The third-order valence-electron chi connectivity index (χ3n) is 5.40. The van der Waals surface area contributed by atoms with Gasteiger partial charge in [-0.25, -0.2) is 9.97 Å². The number of nitrogens with zero attached hydrogens (tertiary/aromatic N) is 5. The molecule has 4 heterocycles. The number of allylic oxidation sites excluding steroid dienone is 1. The molecule has 1 aliphatic rings. The lowest BCUT2D eigenvalue weighted by Gasteiger charge is -2.19. The lowest BCUT2D eigenvalue weighted by molar-refractivity contribution is 0.557. The Kier molecular flexibility index (Phi) is 4.84. The summed E-state index contributed by atoms with van der Waals surface area (Å²) in [5.74, 6) is 1.93. The number of nitriles is 1. The van der Waals surface area contributed by atoms with Crippen molar-refractivity contribution in [2.24, 2.45) is 0 Å². The van der Waals surface area contributed by atoms with Gasteiger partial charge in [0.15, 0.2) is 5.76 Å². The highest BCUT2D eigenvalue weighted by Crippen LogP contribution is 2.35. The normalized spacial score (nSPS) is 15.3. The molecule has 5 rings (SSSR count). The van der Waals surface area contributed by atoms with E-state index in [0.717, 1.165) is 54.7 Å². The van der Waals surface area contributed by atoms with Crippen LogP contribution in [0.15, 0.2) is 51.8 Å². The molecule has 8 heteroatoms. The standard InChI is InChI=1S/C23H20N6O2/c24-13-16-14-26-29(22(16)25)23-27-20-15(12-17-7-4-10-30-17)6-2-1-3-8-18(20)21(28-23)19-9-5-11-31-19/h4-5,7,9-12,14H,1-3,6,8,25H2/b15-12+. The number of nitrogen functional groups attached to an aromatic ring is 1. The van der Waals surface area contributed by atoms with E-state index in [1.54, 1.807) is 12.5 Å². The first kappa shape index (κ1) is 18.9. The largest absolute Gasteiger partial charge is 0.465 e. The van der Waals surface area contributed by atoms with Crippen molar-refractivity contribution in [3.8, 4) is 23.5 Å². The number of anilines is 1. The highest BCUT2D eigenvalue weighted by atomic mass is 16.3. The highest BCUT2D eigenvalue weighted by molar-refractivity contribution is 5.82. The van der Waals surface area contributed by atoms with Gasteiger partial charge in [0.2, 0.25) is 0 Å². The molecular weight excluding hydrogens is 392 g/mol. The average Bonchev–Trinajstić information content (AvgIpc) is 3.53. The first-order valence-electron chi connectivity index (χ1n) is 10.2. The Morgan fingerprint density at radius 1 is 1.03 bits per heavy atom. The van der Waals surface area contributed by atoms with Crippen molar-refractivity contribution in [3.63, 3.8) is 0 Å². The average molecular weight is 412 g/mol.